The number of allylic oxidation sites excluding steroid dienone is 2. The minimum atomic E-state index is -0.400. The van der Waals surface area contributed by atoms with Crippen LogP contribution in [0.15, 0.2) is 23.8 Å². The SMILES string of the molecule is CCC(C)(C)OC(=O)C1=CCC(C(CC(C)(C)C)C(C)(C)C)C=C1. The van der Waals surface area contributed by atoms with Gasteiger partial charge in [-0.25, -0.2) is 4.79 Å². The number of rotatable bonds is 5. The maximum absolute atomic E-state index is 12.3. The van der Waals surface area contributed by atoms with Crippen LogP contribution in [0.4, 0.5) is 0 Å². The molecule has 2 nitrogen and oxygen atoms in total. The van der Waals surface area contributed by atoms with Gasteiger partial charge in [-0.2, -0.15) is 0 Å². The molecule has 1 aliphatic rings. The second-order valence-corrected chi connectivity index (χ2v) is 10.2. The Balaban J connectivity index is 2.83. The number of hydrogen-bond acceptors (Lipinski definition) is 2. The van der Waals surface area contributed by atoms with Crippen LogP contribution in [0.25, 0.3) is 0 Å². The molecular formula is C22H38O2. The zero-order chi connectivity index (χ0) is 18.8. The summed E-state index contributed by atoms with van der Waals surface area (Å²) in [5, 5.41) is 0. The van der Waals surface area contributed by atoms with Gasteiger partial charge < -0.3 is 4.74 Å². The van der Waals surface area contributed by atoms with E-state index >= 15 is 0 Å². The molecule has 1 rings (SSSR count). The van der Waals surface area contributed by atoms with Gasteiger partial charge >= 0.3 is 5.97 Å². The van der Waals surface area contributed by atoms with Gasteiger partial charge in [0.15, 0.2) is 0 Å². The molecule has 0 saturated heterocycles. The fourth-order valence-electron chi connectivity index (χ4n) is 3.23. The molecule has 138 valence electrons. The molecular weight excluding hydrogens is 296 g/mol. The van der Waals surface area contributed by atoms with Gasteiger partial charge in [0, 0.05) is 0 Å². The van der Waals surface area contributed by atoms with Gasteiger partial charge in [-0.1, -0.05) is 66.7 Å². The normalized spacial score (nSPS) is 20.5. The van der Waals surface area contributed by atoms with E-state index in [1.54, 1.807) is 0 Å². The zero-order valence-corrected chi connectivity index (χ0v) is 17.3. The highest BCUT2D eigenvalue weighted by atomic mass is 16.6. The molecule has 0 saturated carbocycles. The van der Waals surface area contributed by atoms with E-state index in [2.05, 4.69) is 53.7 Å². The summed E-state index contributed by atoms with van der Waals surface area (Å²) in [6.45, 7) is 19.9. The van der Waals surface area contributed by atoms with Gasteiger partial charge in [-0.3, -0.25) is 0 Å². The molecule has 0 aromatic carbocycles. The first-order chi connectivity index (χ1) is 10.7. The van der Waals surface area contributed by atoms with Crippen molar-refractivity contribution in [2.24, 2.45) is 22.7 Å². The molecule has 0 amide bonds. The van der Waals surface area contributed by atoms with Crippen molar-refractivity contribution in [2.75, 3.05) is 0 Å². The van der Waals surface area contributed by atoms with E-state index in [1.165, 1.54) is 6.42 Å². The molecule has 0 bridgehead atoms. The molecule has 2 heteroatoms. The molecule has 0 aromatic heterocycles. The number of esters is 1. The number of ether oxygens (including phenoxy) is 1. The van der Waals surface area contributed by atoms with Crippen molar-refractivity contribution in [3.63, 3.8) is 0 Å². The van der Waals surface area contributed by atoms with E-state index in [0.717, 1.165) is 12.8 Å². The summed E-state index contributed by atoms with van der Waals surface area (Å²) >= 11 is 0. The molecule has 0 radical (unpaired) electrons. The second kappa shape index (κ2) is 7.45. The Morgan fingerprint density at radius 2 is 1.75 bits per heavy atom. The Labute approximate surface area is 149 Å². The third kappa shape index (κ3) is 6.45. The molecule has 24 heavy (non-hydrogen) atoms. The van der Waals surface area contributed by atoms with Crippen molar-refractivity contribution in [3.05, 3.63) is 23.8 Å². The van der Waals surface area contributed by atoms with Crippen LogP contribution in [0, 0.1) is 22.7 Å². The van der Waals surface area contributed by atoms with Crippen LogP contribution in [-0.4, -0.2) is 11.6 Å². The molecule has 0 spiro atoms. The monoisotopic (exact) mass is 334 g/mol. The van der Waals surface area contributed by atoms with Crippen LogP contribution in [0.5, 0.6) is 0 Å². The van der Waals surface area contributed by atoms with Gasteiger partial charge in [0.2, 0.25) is 0 Å². The van der Waals surface area contributed by atoms with E-state index in [0.29, 0.717) is 22.8 Å². The first kappa shape index (κ1) is 21.0. The summed E-state index contributed by atoms with van der Waals surface area (Å²) in [6.07, 6.45) is 9.20. The summed E-state index contributed by atoms with van der Waals surface area (Å²) in [7, 11) is 0. The molecule has 0 heterocycles. The van der Waals surface area contributed by atoms with Crippen molar-refractivity contribution in [2.45, 2.75) is 87.2 Å². The Morgan fingerprint density at radius 1 is 1.17 bits per heavy atom. The molecule has 2 unspecified atom stereocenters. The molecule has 0 N–H and O–H groups in total. The van der Waals surface area contributed by atoms with Crippen molar-refractivity contribution in [3.8, 4) is 0 Å². The predicted octanol–water partition coefficient (Wildman–Crippen LogP) is 6.32. The first-order valence-electron chi connectivity index (χ1n) is 9.37. The lowest BCUT2D eigenvalue weighted by atomic mass is 9.65. The van der Waals surface area contributed by atoms with Crippen LogP contribution in [0.2, 0.25) is 0 Å². The van der Waals surface area contributed by atoms with E-state index in [-0.39, 0.29) is 11.4 Å². The number of hydrogen-bond donors (Lipinski definition) is 0. The van der Waals surface area contributed by atoms with Crippen LogP contribution >= 0.6 is 0 Å². The molecule has 1 aliphatic carbocycles. The van der Waals surface area contributed by atoms with Crippen molar-refractivity contribution in [1.29, 1.82) is 0 Å². The standard InChI is InChI=1S/C22H38O2/c1-10-22(8,9)24-19(23)17-13-11-16(12-14-17)18(21(5,6)7)15-20(2,3)4/h11,13-14,16,18H,10,12,15H2,1-9H3. The highest BCUT2D eigenvalue weighted by Crippen LogP contribution is 2.43. The van der Waals surface area contributed by atoms with Crippen LogP contribution in [-0.2, 0) is 9.53 Å². The van der Waals surface area contributed by atoms with E-state index in [1.807, 2.05) is 26.8 Å². The Bertz CT molecular complexity index is 495. The van der Waals surface area contributed by atoms with E-state index < -0.39 is 5.60 Å². The number of carbonyl (C=O) groups excluding carboxylic acids is 1. The van der Waals surface area contributed by atoms with Crippen molar-refractivity contribution >= 4 is 5.97 Å². The van der Waals surface area contributed by atoms with Crippen LogP contribution in [0.1, 0.15) is 81.6 Å². The summed E-state index contributed by atoms with van der Waals surface area (Å²) < 4.78 is 5.61. The quantitative estimate of drug-likeness (QED) is 0.550. The largest absolute Gasteiger partial charge is 0.456 e. The van der Waals surface area contributed by atoms with Gasteiger partial charge in [0.05, 0.1) is 5.57 Å². The molecule has 2 atom stereocenters. The fourth-order valence-corrected chi connectivity index (χ4v) is 3.23. The van der Waals surface area contributed by atoms with Gasteiger partial charge in [-0.15, -0.1) is 0 Å². The van der Waals surface area contributed by atoms with Crippen LogP contribution in [0.3, 0.4) is 0 Å². The van der Waals surface area contributed by atoms with Crippen molar-refractivity contribution < 1.29 is 9.53 Å². The Hall–Kier alpha value is -1.05. The second-order valence-electron chi connectivity index (χ2n) is 10.2. The van der Waals surface area contributed by atoms with Crippen LogP contribution < -0.4 is 0 Å². The lowest BCUT2D eigenvalue weighted by Gasteiger charge is -2.40. The number of carbonyl (C=O) groups is 1. The highest BCUT2D eigenvalue weighted by molar-refractivity contribution is 5.92. The minimum absolute atomic E-state index is 0.195. The predicted molar refractivity (Wildman–Crippen MR) is 103 cm³/mol. The average Bonchev–Trinajstić information content (AvgIpc) is 2.42. The van der Waals surface area contributed by atoms with Gasteiger partial charge in [0.1, 0.15) is 5.60 Å². The topological polar surface area (TPSA) is 26.3 Å². The van der Waals surface area contributed by atoms with E-state index in [9.17, 15) is 4.79 Å². The highest BCUT2D eigenvalue weighted by Gasteiger charge is 2.35. The maximum Gasteiger partial charge on any atom is 0.338 e. The van der Waals surface area contributed by atoms with Gasteiger partial charge in [-0.05, 0) is 55.8 Å². The minimum Gasteiger partial charge on any atom is -0.456 e. The smallest absolute Gasteiger partial charge is 0.338 e. The zero-order valence-electron chi connectivity index (χ0n) is 17.3. The average molecular weight is 335 g/mol. The lowest BCUT2D eigenvalue weighted by Crippen LogP contribution is -2.32. The Kier molecular flexibility index (Phi) is 6.52. The summed E-state index contributed by atoms with van der Waals surface area (Å²) in [5.74, 6) is 0.884. The van der Waals surface area contributed by atoms with E-state index in [4.69, 9.17) is 4.74 Å². The summed E-state index contributed by atoms with van der Waals surface area (Å²) in [5.41, 5.74) is 0.859. The first-order valence-corrected chi connectivity index (χ1v) is 9.37. The fraction of sp³-hybridized carbons (Fsp3) is 0.773. The maximum atomic E-state index is 12.3. The third-order valence-electron chi connectivity index (χ3n) is 5.05. The summed E-state index contributed by atoms with van der Waals surface area (Å²) in [4.78, 5) is 12.3. The summed E-state index contributed by atoms with van der Waals surface area (Å²) in [6, 6.07) is 0. The lowest BCUT2D eigenvalue weighted by molar-refractivity contribution is -0.151. The molecule has 0 aromatic rings. The molecule has 0 fully saturated rings. The molecule has 0 aliphatic heterocycles. The third-order valence-corrected chi connectivity index (χ3v) is 5.05. The van der Waals surface area contributed by atoms with Crippen molar-refractivity contribution in [1.82, 2.24) is 0 Å². The Morgan fingerprint density at radius 3 is 2.12 bits per heavy atom. The van der Waals surface area contributed by atoms with Gasteiger partial charge in [0.25, 0.3) is 0 Å².